The van der Waals surface area contributed by atoms with Crippen molar-refractivity contribution < 1.29 is 9.59 Å². The number of hydrogen-bond acceptors (Lipinski definition) is 2. The minimum absolute atomic E-state index is 0.142. The molecule has 0 bridgehead atoms. The Morgan fingerprint density at radius 1 is 1.18 bits per heavy atom. The summed E-state index contributed by atoms with van der Waals surface area (Å²) in [7, 11) is 0. The van der Waals surface area contributed by atoms with Crippen LogP contribution < -0.4 is 10.2 Å². The average Bonchev–Trinajstić information content (AvgIpc) is 2.87. The van der Waals surface area contributed by atoms with Crippen LogP contribution in [0.4, 0.5) is 11.4 Å². The Balaban J connectivity index is 1.85. The fourth-order valence-corrected chi connectivity index (χ4v) is 2.97. The van der Waals surface area contributed by atoms with Gasteiger partial charge in [0, 0.05) is 29.7 Å². The fraction of sp³-hybridized carbons (Fsp3) is 0.176. The van der Waals surface area contributed by atoms with Gasteiger partial charge in [0.1, 0.15) is 6.04 Å². The first-order chi connectivity index (χ1) is 10.6. The molecule has 1 aliphatic rings. The lowest BCUT2D eigenvalue weighted by Crippen LogP contribution is -2.44. The molecule has 0 aliphatic carbocycles. The molecule has 5 heteroatoms. The first-order valence-corrected chi connectivity index (χ1v) is 7.38. The minimum atomic E-state index is -0.533. The van der Waals surface area contributed by atoms with E-state index in [4.69, 9.17) is 11.6 Å². The highest BCUT2D eigenvalue weighted by molar-refractivity contribution is 6.30. The zero-order chi connectivity index (χ0) is 15.7. The lowest BCUT2D eigenvalue weighted by atomic mass is 10.1. The van der Waals surface area contributed by atoms with Gasteiger partial charge >= 0.3 is 0 Å². The van der Waals surface area contributed by atoms with Gasteiger partial charge < -0.3 is 5.32 Å². The van der Waals surface area contributed by atoms with Crippen molar-refractivity contribution >= 4 is 34.8 Å². The third-order valence-electron chi connectivity index (χ3n) is 3.71. The molecule has 1 N–H and O–H groups in total. The Labute approximate surface area is 133 Å². The number of hydrogen-bond donors (Lipinski definition) is 1. The van der Waals surface area contributed by atoms with Gasteiger partial charge in [-0.3, -0.25) is 14.5 Å². The Morgan fingerprint density at radius 2 is 1.95 bits per heavy atom. The van der Waals surface area contributed by atoms with E-state index in [-0.39, 0.29) is 11.8 Å². The lowest BCUT2D eigenvalue weighted by molar-refractivity contribution is -0.122. The van der Waals surface area contributed by atoms with E-state index in [2.05, 4.69) is 5.32 Å². The van der Waals surface area contributed by atoms with Gasteiger partial charge in [-0.15, -0.1) is 0 Å². The average molecular weight is 315 g/mol. The summed E-state index contributed by atoms with van der Waals surface area (Å²) in [6.07, 6.45) is 0.516. The van der Waals surface area contributed by atoms with E-state index >= 15 is 0 Å². The molecule has 1 unspecified atom stereocenters. The standard InChI is InChI=1S/C17H15ClN2O2/c1-11(21)20-15-8-3-2-5-12(15)9-16(20)17(22)19-14-7-4-6-13(18)10-14/h2-8,10,16H,9H2,1H3,(H,19,22). The molecule has 2 amide bonds. The maximum absolute atomic E-state index is 12.6. The quantitative estimate of drug-likeness (QED) is 0.925. The van der Waals surface area contributed by atoms with Crippen LogP contribution in [0.25, 0.3) is 0 Å². The Hall–Kier alpha value is -2.33. The van der Waals surface area contributed by atoms with Crippen molar-refractivity contribution in [1.29, 1.82) is 0 Å². The van der Waals surface area contributed by atoms with Gasteiger partial charge in [-0.2, -0.15) is 0 Å². The van der Waals surface area contributed by atoms with Crippen molar-refractivity contribution in [2.45, 2.75) is 19.4 Å². The van der Waals surface area contributed by atoms with Crippen LogP contribution in [-0.2, 0) is 16.0 Å². The summed E-state index contributed by atoms with van der Waals surface area (Å²) in [5, 5.41) is 3.38. The van der Waals surface area contributed by atoms with Crippen LogP contribution in [0.1, 0.15) is 12.5 Å². The monoisotopic (exact) mass is 314 g/mol. The number of para-hydroxylation sites is 1. The summed E-state index contributed by atoms with van der Waals surface area (Å²) in [6, 6.07) is 14.0. The largest absolute Gasteiger partial charge is 0.324 e. The number of rotatable bonds is 2. The first kappa shape index (κ1) is 14.6. The van der Waals surface area contributed by atoms with Crippen molar-refractivity contribution in [3.8, 4) is 0 Å². The molecular formula is C17H15ClN2O2. The zero-order valence-corrected chi connectivity index (χ0v) is 12.8. The molecular weight excluding hydrogens is 300 g/mol. The molecule has 0 aromatic heterocycles. The zero-order valence-electron chi connectivity index (χ0n) is 12.0. The number of amides is 2. The number of halogens is 1. The van der Waals surface area contributed by atoms with Crippen LogP contribution in [0.5, 0.6) is 0 Å². The molecule has 3 rings (SSSR count). The van der Waals surface area contributed by atoms with Gasteiger partial charge in [-0.25, -0.2) is 0 Å². The van der Waals surface area contributed by atoms with Crippen molar-refractivity contribution in [2.24, 2.45) is 0 Å². The second kappa shape index (κ2) is 5.81. The van der Waals surface area contributed by atoms with Crippen LogP contribution in [-0.4, -0.2) is 17.9 Å². The van der Waals surface area contributed by atoms with Gasteiger partial charge in [0.15, 0.2) is 0 Å². The molecule has 0 radical (unpaired) electrons. The minimum Gasteiger partial charge on any atom is -0.324 e. The molecule has 2 aromatic carbocycles. The second-order valence-corrected chi connectivity index (χ2v) is 5.67. The van der Waals surface area contributed by atoms with E-state index in [0.717, 1.165) is 11.3 Å². The molecule has 1 heterocycles. The molecule has 0 fully saturated rings. The Kier molecular flexibility index (Phi) is 3.86. The second-order valence-electron chi connectivity index (χ2n) is 5.24. The SMILES string of the molecule is CC(=O)N1c2ccccc2CC1C(=O)Nc1cccc(Cl)c1. The summed E-state index contributed by atoms with van der Waals surface area (Å²) in [4.78, 5) is 26.1. The molecule has 1 atom stereocenters. The van der Waals surface area contributed by atoms with E-state index in [1.807, 2.05) is 24.3 Å². The van der Waals surface area contributed by atoms with Gasteiger partial charge in [0.05, 0.1) is 0 Å². The van der Waals surface area contributed by atoms with E-state index in [0.29, 0.717) is 17.1 Å². The summed E-state index contributed by atoms with van der Waals surface area (Å²) >= 11 is 5.92. The third kappa shape index (κ3) is 2.70. The smallest absolute Gasteiger partial charge is 0.247 e. The van der Waals surface area contributed by atoms with Crippen molar-refractivity contribution in [1.82, 2.24) is 0 Å². The Bertz CT molecular complexity index is 745. The highest BCUT2D eigenvalue weighted by Gasteiger charge is 2.36. The van der Waals surface area contributed by atoms with Gasteiger partial charge in [0.2, 0.25) is 11.8 Å². The molecule has 0 saturated heterocycles. The molecule has 0 spiro atoms. The van der Waals surface area contributed by atoms with E-state index in [9.17, 15) is 9.59 Å². The molecule has 0 saturated carbocycles. The van der Waals surface area contributed by atoms with E-state index in [1.54, 1.807) is 29.2 Å². The van der Waals surface area contributed by atoms with Crippen LogP contribution in [0.2, 0.25) is 5.02 Å². The number of carbonyl (C=O) groups excluding carboxylic acids is 2. The number of nitrogens with zero attached hydrogens (tertiary/aromatic N) is 1. The summed E-state index contributed by atoms with van der Waals surface area (Å²) < 4.78 is 0. The number of fused-ring (bicyclic) bond motifs is 1. The molecule has 4 nitrogen and oxygen atoms in total. The normalized spacial score (nSPS) is 16.3. The maximum Gasteiger partial charge on any atom is 0.247 e. The first-order valence-electron chi connectivity index (χ1n) is 7.00. The predicted octanol–water partition coefficient (Wildman–Crippen LogP) is 3.26. The summed E-state index contributed by atoms with van der Waals surface area (Å²) in [5.41, 5.74) is 2.43. The van der Waals surface area contributed by atoms with Crippen LogP contribution >= 0.6 is 11.6 Å². The van der Waals surface area contributed by atoms with Gasteiger partial charge in [-0.05, 0) is 29.8 Å². The predicted molar refractivity (Wildman–Crippen MR) is 87.2 cm³/mol. The molecule has 2 aromatic rings. The summed E-state index contributed by atoms with van der Waals surface area (Å²) in [6.45, 7) is 1.47. The van der Waals surface area contributed by atoms with Crippen molar-refractivity contribution in [2.75, 3.05) is 10.2 Å². The summed E-state index contributed by atoms with van der Waals surface area (Å²) in [5.74, 6) is -0.357. The van der Waals surface area contributed by atoms with Crippen LogP contribution in [0.15, 0.2) is 48.5 Å². The van der Waals surface area contributed by atoms with Crippen LogP contribution in [0, 0.1) is 0 Å². The highest BCUT2D eigenvalue weighted by Crippen LogP contribution is 2.32. The third-order valence-corrected chi connectivity index (χ3v) is 3.95. The van der Waals surface area contributed by atoms with Crippen molar-refractivity contribution in [3.05, 3.63) is 59.1 Å². The number of benzene rings is 2. The molecule has 22 heavy (non-hydrogen) atoms. The van der Waals surface area contributed by atoms with E-state index < -0.39 is 6.04 Å². The topological polar surface area (TPSA) is 49.4 Å². The number of nitrogens with one attached hydrogen (secondary N) is 1. The number of anilines is 2. The maximum atomic E-state index is 12.6. The molecule has 112 valence electrons. The highest BCUT2D eigenvalue weighted by atomic mass is 35.5. The van der Waals surface area contributed by atoms with E-state index in [1.165, 1.54) is 6.92 Å². The van der Waals surface area contributed by atoms with Gasteiger partial charge in [-0.1, -0.05) is 35.9 Å². The lowest BCUT2D eigenvalue weighted by Gasteiger charge is -2.23. The molecule has 1 aliphatic heterocycles. The number of carbonyl (C=O) groups is 2. The Morgan fingerprint density at radius 3 is 2.68 bits per heavy atom. The van der Waals surface area contributed by atoms with Gasteiger partial charge in [0.25, 0.3) is 0 Å². The van der Waals surface area contributed by atoms with Crippen LogP contribution in [0.3, 0.4) is 0 Å². The fourth-order valence-electron chi connectivity index (χ4n) is 2.78. The van der Waals surface area contributed by atoms with Crippen molar-refractivity contribution in [3.63, 3.8) is 0 Å².